The maximum atomic E-state index is 14.4. The van der Waals surface area contributed by atoms with Crippen LogP contribution in [-0.2, 0) is 15.0 Å². The molecule has 1 aliphatic heterocycles. The van der Waals surface area contributed by atoms with E-state index in [-0.39, 0.29) is 17.7 Å². The molecular weight excluding hydrogens is 548 g/mol. The van der Waals surface area contributed by atoms with Gasteiger partial charge in [-0.3, -0.25) is 14.6 Å². The topological polar surface area (TPSA) is 49.7 Å². The van der Waals surface area contributed by atoms with Crippen LogP contribution in [0.2, 0.25) is 5.02 Å². The van der Waals surface area contributed by atoms with Crippen LogP contribution in [0, 0.1) is 11.8 Å². The highest BCUT2D eigenvalue weighted by Crippen LogP contribution is 2.64. The van der Waals surface area contributed by atoms with Crippen LogP contribution >= 0.6 is 27.5 Å². The van der Waals surface area contributed by atoms with Gasteiger partial charge >= 0.3 is 0 Å². The lowest BCUT2D eigenvalue weighted by atomic mass is 9.47. The second-order valence-corrected chi connectivity index (χ2v) is 11.0. The average Bonchev–Trinajstić information content (AvgIpc) is 3.19. The highest BCUT2D eigenvalue weighted by atomic mass is 79.9. The molecule has 2 atom stereocenters. The van der Waals surface area contributed by atoms with Gasteiger partial charge in [0.05, 0.1) is 33.6 Å². The molecule has 2 bridgehead atoms. The number of nitrogens with zero attached hydrogens (tertiary/aromatic N) is 2. The molecule has 0 unspecified atom stereocenters. The maximum absolute atomic E-state index is 14.4. The molecule has 0 aromatic heterocycles. The van der Waals surface area contributed by atoms with E-state index in [0.29, 0.717) is 10.7 Å². The standard InChI is InChI=1S/C31H20BrClN2O2/c32-18-8-7-9-19(16-18)34-17-31-22-12-3-1-10-20(22)26(21-11-2-4-13-23(21)31)27-28(31)30(37)35(29(27)36)25-15-6-5-14-24(25)33/h1-17,26-28H/t26?,27-,28+,31?/m1/s1. The van der Waals surface area contributed by atoms with Crippen molar-refractivity contribution < 1.29 is 9.59 Å². The van der Waals surface area contributed by atoms with Gasteiger partial charge in [-0.2, -0.15) is 0 Å². The fourth-order valence-corrected chi connectivity index (χ4v) is 7.26. The third-order valence-corrected chi connectivity index (χ3v) is 8.82. The number of amides is 2. The minimum Gasteiger partial charge on any atom is -0.274 e. The Labute approximate surface area is 227 Å². The zero-order valence-corrected chi connectivity index (χ0v) is 21.9. The summed E-state index contributed by atoms with van der Waals surface area (Å²) in [6.45, 7) is 0. The van der Waals surface area contributed by atoms with E-state index in [1.165, 1.54) is 4.90 Å². The molecule has 1 saturated heterocycles. The number of para-hydroxylation sites is 1. The first kappa shape index (κ1) is 22.6. The van der Waals surface area contributed by atoms with Gasteiger partial charge in [0, 0.05) is 16.6 Å². The van der Waals surface area contributed by atoms with Crippen LogP contribution in [0.5, 0.6) is 0 Å². The average molecular weight is 568 g/mol. The van der Waals surface area contributed by atoms with E-state index < -0.39 is 17.3 Å². The van der Waals surface area contributed by atoms with Crippen molar-refractivity contribution in [2.75, 3.05) is 4.90 Å². The summed E-state index contributed by atoms with van der Waals surface area (Å²) in [5.41, 5.74) is 4.50. The quantitative estimate of drug-likeness (QED) is 0.197. The lowest BCUT2D eigenvalue weighted by molar-refractivity contribution is -0.122. The Morgan fingerprint density at radius 3 is 2.14 bits per heavy atom. The SMILES string of the molecule is O=C1[C@@H]2C3c4ccccc4C(C=Nc4cccc(Br)c4)(c4ccccc43)[C@@H]2C(=O)N1c1ccccc1Cl. The summed E-state index contributed by atoms with van der Waals surface area (Å²) < 4.78 is 0.919. The first-order chi connectivity index (χ1) is 18.0. The van der Waals surface area contributed by atoms with Crippen molar-refractivity contribution in [3.8, 4) is 0 Å². The van der Waals surface area contributed by atoms with Gasteiger partial charge in [0.1, 0.15) is 0 Å². The van der Waals surface area contributed by atoms with E-state index in [4.69, 9.17) is 16.6 Å². The molecule has 6 heteroatoms. The monoisotopic (exact) mass is 566 g/mol. The predicted molar refractivity (Wildman–Crippen MR) is 149 cm³/mol. The van der Waals surface area contributed by atoms with Crippen LogP contribution in [-0.4, -0.2) is 18.0 Å². The number of carbonyl (C=O) groups excluding carboxylic acids is 2. The smallest absolute Gasteiger partial charge is 0.239 e. The maximum Gasteiger partial charge on any atom is 0.239 e. The molecule has 4 aromatic rings. The van der Waals surface area contributed by atoms with E-state index in [9.17, 15) is 9.59 Å². The van der Waals surface area contributed by atoms with Gasteiger partial charge in [0.25, 0.3) is 0 Å². The second-order valence-electron chi connectivity index (χ2n) is 9.73. The molecule has 2 amide bonds. The molecule has 0 spiro atoms. The summed E-state index contributed by atoms with van der Waals surface area (Å²) in [6.07, 6.45) is 1.90. The van der Waals surface area contributed by atoms with Gasteiger partial charge in [-0.25, -0.2) is 4.90 Å². The number of aliphatic imine (C=N–C) groups is 1. The van der Waals surface area contributed by atoms with Gasteiger partial charge in [-0.05, 0) is 52.6 Å². The number of anilines is 1. The Hall–Kier alpha value is -3.54. The summed E-state index contributed by atoms with van der Waals surface area (Å²) in [7, 11) is 0. The van der Waals surface area contributed by atoms with Gasteiger partial charge in [0.15, 0.2) is 0 Å². The third kappa shape index (κ3) is 3.04. The summed E-state index contributed by atoms with van der Waals surface area (Å²) in [5, 5.41) is 0.377. The largest absolute Gasteiger partial charge is 0.274 e. The fourth-order valence-electron chi connectivity index (χ4n) is 6.65. The van der Waals surface area contributed by atoms with Crippen LogP contribution in [0.25, 0.3) is 0 Å². The molecule has 4 aromatic carbocycles. The number of carbonyl (C=O) groups is 2. The van der Waals surface area contributed by atoms with Crippen molar-refractivity contribution >= 4 is 56.9 Å². The van der Waals surface area contributed by atoms with Crippen LogP contribution in [0.1, 0.15) is 28.2 Å². The molecule has 0 N–H and O–H groups in total. The summed E-state index contributed by atoms with van der Waals surface area (Å²) in [5.74, 6) is -1.86. The van der Waals surface area contributed by atoms with Crippen molar-refractivity contribution in [1.82, 2.24) is 0 Å². The molecule has 4 nitrogen and oxygen atoms in total. The summed E-state index contributed by atoms with van der Waals surface area (Å²) in [6, 6.07) is 31.1. The first-order valence-electron chi connectivity index (χ1n) is 12.1. The highest BCUT2D eigenvalue weighted by molar-refractivity contribution is 9.10. The highest BCUT2D eigenvalue weighted by Gasteiger charge is 2.68. The Morgan fingerprint density at radius 2 is 1.46 bits per heavy atom. The second kappa shape index (κ2) is 8.23. The Kier molecular flexibility index (Phi) is 5.04. The molecular formula is C31H20BrClN2O2. The van der Waals surface area contributed by atoms with E-state index in [1.807, 2.05) is 54.7 Å². The van der Waals surface area contributed by atoms with Gasteiger partial charge in [-0.1, -0.05) is 94.3 Å². The summed E-state index contributed by atoms with van der Waals surface area (Å²) >= 11 is 10.0. The number of halogens is 2. The predicted octanol–water partition coefficient (Wildman–Crippen LogP) is 7.06. The van der Waals surface area contributed by atoms with Gasteiger partial charge < -0.3 is 0 Å². The Bertz CT molecular complexity index is 1600. The van der Waals surface area contributed by atoms with E-state index in [0.717, 1.165) is 32.4 Å². The fraction of sp³-hybridized carbons (Fsp3) is 0.129. The van der Waals surface area contributed by atoms with Gasteiger partial charge in [-0.15, -0.1) is 0 Å². The molecule has 0 saturated carbocycles. The molecule has 3 aliphatic carbocycles. The molecule has 1 heterocycles. The van der Waals surface area contributed by atoms with Crippen molar-refractivity contribution in [2.45, 2.75) is 11.3 Å². The van der Waals surface area contributed by atoms with Crippen LogP contribution < -0.4 is 4.90 Å². The number of benzene rings is 4. The van der Waals surface area contributed by atoms with Gasteiger partial charge in [0.2, 0.25) is 11.8 Å². The van der Waals surface area contributed by atoms with Crippen molar-refractivity contribution in [3.05, 3.63) is 129 Å². The van der Waals surface area contributed by atoms with Crippen LogP contribution in [0.3, 0.4) is 0 Å². The zero-order chi connectivity index (χ0) is 25.3. The third-order valence-electron chi connectivity index (χ3n) is 8.00. The van der Waals surface area contributed by atoms with E-state index in [2.05, 4.69) is 40.2 Å². The minimum absolute atomic E-state index is 0.211. The molecule has 180 valence electrons. The van der Waals surface area contributed by atoms with Crippen LogP contribution in [0.4, 0.5) is 11.4 Å². The minimum atomic E-state index is -0.905. The molecule has 0 radical (unpaired) electrons. The lowest BCUT2D eigenvalue weighted by Crippen LogP contribution is -2.54. The Balaban J connectivity index is 1.52. The molecule has 4 aliphatic rings. The van der Waals surface area contributed by atoms with Crippen molar-refractivity contribution in [3.63, 3.8) is 0 Å². The number of imide groups is 1. The first-order valence-corrected chi connectivity index (χ1v) is 13.3. The zero-order valence-electron chi connectivity index (χ0n) is 19.5. The molecule has 1 fully saturated rings. The van der Waals surface area contributed by atoms with E-state index >= 15 is 0 Å². The van der Waals surface area contributed by atoms with Crippen molar-refractivity contribution in [1.29, 1.82) is 0 Å². The molecule has 37 heavy (non-hydrogen) atoms. The number of rotatable bonds is 3. The molecule has 8 rings (SSSR count). The normalized spacial score (nSPS) is 25.4. The Morgan fingerprint density at radius 1 is 0.811 bits per heavy atom. The number of hydrogen-bond donors (Lipinski definition) is 0. The van der Waals surface area contributed by atoms with E-state index in [1.54, 1.807) is 24.3 Å². The van der Waals surface area contributed by atoms with Crippen LogP contribution in [0.15, 0.2) is 107 Å². The summed E-state index contributed by atoms with van der Waals surface area (Å²) in [4.78, 5) is 34.8. The number of hydrogen-bond acceptors (Lipinski definition) is 3. The van der Waals surface area contributed by atoms with Crippen molar-refractivity contribution in [2.24, 2.45) is 16.8 Å². The lowest BCUT2D eigenvalue weighted by Gasteiger charge is -2.52.